The number of hydrogen-bond acceptors (Lipinski definition) is 4. The van der Waals surface area contributed by atoms with Crippen molar-refractivity contribution in [3.05, 3.63) is 42.2 Å². The molecule has 0 saturated carbocycles. The fourth-order valence-electron chi connectivity index (χ4n) is 2.81. The molecule has 3 rings (SSSR count). The predicted molar refractivity (Wildman–Crippen MR) is 78.4 cm³/mol. The molecule has 0 aliphatic carbocycles. The lowest BCUT2D eigenvalue weighted by Crippen LogP contribution is -2.31. The first-order valence-electron chi connectivity index (χ1n) is 7.10. The maximum absolute atomic E-state index is 12.5. The van der Waals surface area contributed by atoms with Gasteiger partial charge in [-0.15, -0.1) is 5.10 Å². The first-order valence-corrected chi connectivity index (χ1v) is 7.10. The van der Waals surface area contributed by atoms with Crippen LogP contribution in [0.25, 0.3) is 0 Å². The number of hydrogen-bond donors (Lipinski definition) is 1. The van der Waals surface area contributed by atoms with Crippen LogP contribution < -0.4 is 4.90 Å². The Morgan fingerprint density at radius 1 is 1.32 bits per heavy atom. The molecule has 22 heavy (non-hydrogen) atoms. The first-order chi connectivity index (χ1) is 10.6. The molecule has 1 atom stereocenters. The van der Waals surface area contributed by atoms with Crippen LogP contribution in [0.3, 0.4) is 0 Å². The number of rotatable bonds is 5. The van der Waals surface area contributed by atoms with Gasteiger partial charge in [-0.2, -0.15) is 0 Å². The summed E-state index contributed by atoms with van der Waals surface area (Å²) in [5.41, 5.74) is 1.75. The monoisotopic (exact) mass is 300 g/mol. The molecule has 0 saturated heterocycles. The average Bonchev–Trinajstić information content (AvgIpc) is 3.13. The standard InChI is InChI=1S/C15H16N4O3/c20-14(5-7-18-8-6-16-17-18)19-10-11(9-15(21)22)12-3-1-2-4-13(12)19/h1-4,6,8,11H,5,7,9-10H2,(H,21,22). The van der Waals surface area contributed by atoms with E-state index in [1.54, 1.807) is 22.0 Å². The SMILES string of the molecule is O=C(O)CC1CN(C(=O)CCn2ccnn2)c2ccccc21. The Kier molecular flexibility index (Phi) is 3.86. The molecular formula is C15H16N4O3. The highest BCUT2D eigenvalue weighted by molar-refractivity contribution is 5.96. The van der Waals surface area contributed by atoms with E-state index in [0.29, 0.717) is 19.5 Å². The lowest BCUT2D eigenvalue weighted by atomic mass is 9.98. The van der Waals surface area contributed by atoms with E-state index in [9.17, 15) is 9.59 Å². The maximum Gasteiger partial charge on any atom is 0.304 e. The van der Waals surface area contributed by atoms with E-state index in [1.165, 1.54) is 0 Å². The third-order valence-electron chi connectivity index (χ3n) is 3.82. The zero-order valence-corrected chi connectivity index (χ0v) is 11.9. The average molecular weight is 300 g/mol. The smallest absolute Gasteiger partial charge is 0.304 e. The summed E-state index contributed by atoms with van der Waals surface area (Å²) < 4.78 is 1.61. The van der Waals surface area contributed by atoms with Crippen LogP contribution in [0, 0.1) is 0 Å². The number of nitrogens with zero attached hydrogens (tertiary/aromatic N) is 4. The third-order valence-corrected chi connectivity index (χ3v) is 3.82. The number of carbonyl (C=O) groups is 2. The summed E-state index contributed by atoms with van der Waals surface area (Å²) in [6, 6.07) is 7.49. The lowest BCUT2D eigenvalue weighted by molar-refractivity contribution is -0.137. The summed E-state index contributed by atoms with van der Waals surface area (Å²) in [4.78, 5) is 25.1. The lowest BCUT2D eigenvalue weighted by Gasteiger charge is -2.17. The van der Waals surface area contributed by atoms with Gasteiger partial charge in [0.05, 0.1) is 19.2 Å². The van der Waals surface area contributed by atoms with E-state index in [-0.39, 0.29) is 18.2 Å². The second-order valence-electron chi connectivity index (χ2n) is 5.27. The molecule has 114 valence electrons. The highest BCUT2D eigenvalue weighted by atomic mass is 16.4. The van der Waals surface area contributed by atoms with E-state index in [1.807, 2.05) is 24.3 Å². The molecule has 7 heteroatoms. The number of aromatic nitrogens is 3. The second kappa shape index (κ2) is 5.97. The number of carbonyl (C=O) groups excluding carboxylic acids is 1. The van der Waals surface area contributed by atoms with Crippen LogP contribution in [0.2, 0.25) is 0 Å². The van der Waals surface area contributed by atoms with Crippen LogP contribution in [0.4, 0.5) is 5.69 Å². The number of para-hydroxylation sites is 1. The van der Waals surface area contributed by atoms with Gasteiger partial charge in [0, 0.05) is 30.8 Å². The number of carboxylic acids is 1. The molecule has 0 radical (unpaired) electrons. The van der Waals surface area contributed by atoms with Crippen molar-refractivity contribution in [2.75, 3.05) is 11.4 Å². The molecule has 7 nitrogen and oxygen atoms in total. The summed E-state index contributed by atoms with van der Waals surface area (Å²) in [5.74, 6) is -1.03. The molecule has 2 heterocycles. The molecule has 1 aromatic heterocycles. The topological polar surface area (TPSA) is 88.3 Å². The van der Waals surface area contributed by atoms with Gasteiger partial charge in [-0.25, -0.2) is 0 Å². The van der Waals surface area contributed by atoms with Crippen LogP contribution in [-0.2, 0) is 16.1 Å². The number of aryl methyl sites for hydroxylation is 1. The van der Waals surface area contributed by atoms with E-state index in [4.69, 9.17) is 5.11 Å². The molecule has 1 aliphatic heterocycles. The van der Waals surface area contributed by atoms with Gasteiger partial charge in [0.2, 0.25) is 5.91 Å². The van der Waals surface area contributed by atoms with Crippen LogP contribution in [0.1, 0.15) is 24.3 Å². The fourth-order valence-corrected chi connectivity index (χ4v) is 2.81. The highest BCUT2D eigenvalue weighted by Crippen LogP contribution is 2.38. The van der Waals surface area contributed by atoms with Gasteiger partial charge in [0.15, 0.2) is 0 Å². The van der Waals surface area contributed by atoms with E-state index in [0.717, 1.165) is 11.3 Å². The summed E-state index contributed by atoms with van der Waals surface area (Å²) in [5, 5.41) is 16.6. The van der Waals surface area contributed by atoms with Crippen molar-refractivity contribution in [3.8, 4) is 0 Å². The minimum atomic E-state index is -0.850. The number of amides is 1. The Labute approximate surface area is 127 Å². The van der Waals surface area contributed by atoms with Crippen molar-refractivity contribution in [2.24, 2.45) is 0 Å². The quantitative estimate of drug-likeness (QED) is 0.898. The predicted octanol–water partition coefficient (Wildman–Crippen LogP) is 1.27. The van der Waals surface area contributed by atoms with Crippen LogP contribution in [0.5, 0.6) is 0 Å². The highest BCUT2D eigenvalue weighted by Gasteiger charge is 2.32. The van der Waals surface area contributed by atoms with Gasteiger partial charge >= 0.3 is 5.97 Å². The first kappa shape index (κ1) is 14.2. The molecule has 0 bridgehead atoms. The Bertz CT molecular complexity index is 684. The minimum Gasteiger partial charge on any atom is -0.481 e. The molecule has 0 fully saturated rings. The van der Waals surface area contributed by atoms with Crippen molar-refractivity contribution in [2.45, 2.75) is 25.3 Å². The summed E-state index contributed by atoms with van der Waals surface area (Å²) in [6.07, 6.45) is 3.61. The van der Waals surface area contributed by atoms with Gasteiger partial charge < -0.3 is 10.0 Å². The number of benzene rings is 1. The number of carboxylic acid groups (broad SMARTS) is 1. The summed E-state index contributed by atoms with van der Waals surface area (Å²) >= 11 is 0. The Morgan fingerprint density at radius 3 is 2.86 bits per heavy atom. The molecule has 1 aromatic carbocycles. The van der Waals surface area contributed by atoms with E-state index < -0.39 is 5.97 Å². The Balaban J connectivity index is 1.73. The molecule has 1 amide bonds. The largest absolute Gasteiger partial charge is 0.481 e. The zero-order valence-electron chi connectivity index (χ0n) is 11.9. The molecular weight excluding hydrogens is 284 g/mol. The number of aliphatic carboxylic acids is 1. The normalized spacial score (nSPS) is 16.5. The van der Waals surface area contributed by atoms with Crippen molar-refractivity contribution in [1.82, 2.24) is 15.0 Å². The second-order valence-corrected chi connectivity index (χ2v) is 5.27. The molecule has 2 aromatic rings. The fraction of sp³-hybridized carbons (Fsp3) is 0.333. The van der Waals surface area contributed by atoms with Crippen LogP contribution in [-0.4, -0.2) is 38.5 Å². The maximum atomic E-state index is 12.5. The van der Waals surface area contributed by atoms with Gasteiger partial charge in [-0.05, 0) is 11.6 Å². The van der Waals surface area contributed by atoms with Gasteiger partial charge in [0.1, 0.15) is 0 Å². The van der Waals surface area contributed by atoms with Crippen LogP contribution in [0.15, 0.2) is 36.7 Å². The molecule has 1 N–H and O–H groups in total. The summed E-state index contributed by atoms with van der Waals surface area (Å²) in [7, 11) is 0. The molecule has 1 unspecified atom stereocenters. The zero-order chi connectivity index (χ0) is 15.5. The van der Waals surface area contributed by atoms with Crippen molar-refractivity contribution < 1.29 is 14.7 Å². The van der Waals surface area contributed by atoms with Gasteiger partial charge in [-0.3, -0.25) is 14.3 Å². The van der Waals surface area contributed by atoms with Crippen molar-refractivity contribution in [1.29, 1.82) is 0 Å². The van der Waals surface area contributed by atoms with Crippen molar-refractivity contribution in [3.63, 3.8) is 0 Å². The summed E-state index contributed by atoms with van der Waals surface area (Å²) in [6.45, 7) is 0.878. The van der Waals surface area contributed by atoms with Gasteiger partial charge in [-0.1, -0.05) is 23.4 Å². The molecule has 0 spiro atoms. The van der Waals surface area contributed by atoms with E-state index >= 15 is 0 Å². The van der Waals surface area contributed by atoms with Crippen LogP contribution >= 0.6 is 0 Å². The van der Waals surface area contributed by atoms with Gasteiger partial charge in [0.25, 0.3) is 0 Å². The van der Waals surface area contributed by atoms with Crippen molar-refractivity contribution >= 4 is 17.6 Å². The number of anilines is 1. The third kappa shape index (κ3) is 2.83. The molecule has 1 aliphatic rings. The minimum absolute atomic E-state index is 0.0316. The Morgan fingerprint density at radius 2 is 2.14 bits per heavy atom. The number of fused-ring (bicyclic) bond motifs is 1. The Hall–Kier alpha value is -2.70. The van der Waals surface area contributed by atoms with E-state index in [2.05, 4.69) is 10.3 Å².